The van der Waals surface area contributed by atoms with E-state index in [0.29, 0.717) is 5.92 Å². The maximum atomic E-state index is 5.04. The Kier molecular flexibility index (Phi) is 3.08. The van der Waals surface area contributed by atoms with Crippen LogP contribution in [0.25, 0.3) is 0 Å². The van der Waals surface area contributed by atoms with Gasteiger partial charge in [-0.1, -0.05) is 19.0 Å². The molecule has 0 N–H and O–H groups in total. The predicted octanol–water partition coefficient (Wildman–Crippen LogP) is 2.55. The van der Waals surface area contributed by atoms with Gasteiger partial charge in [0.25, 0.3) is 0 Å². The van der Waals surface area contributed by atoms with Crippen molar-refractivity contribution in [3.05, 3.63) is 35.7 Å². The van der Waals surface area contributed by atoms with Crippen LogP contribution in [0, 0.1) is 6.92 Å². The van der Waals surface area contributed by atoms with Gasteiger partial charge in [0, 0.05) is 30.9 Å². The third kappa shape index (κ3) is 2.32. The molecule has 0 unspecified atom stereocenters. The first kappa shape index (κ1) is 10.9. The quantitative estimate of drug-likeness (QED) is 0.793. The van der Waals surface area contributed by atoms with Crippen LogP contribution >= 0.6 is 0 Å². The van der Waals surface area contributed by atoms with Gasteiger partial charge in [0.15, 0.2) is 0 Å². The van der Waals surface area contributed by atoms with E-state index in [1.807, 2.05) is 25.5 Å². The van der Waals surface area contributed by atoms with Crippen LogP contribution in [-0.4, -0.2) is 14.7 Å². The molecule has 2 rings (SSSR count). The minimum absolute atomic E-state index is 0.501. The molecule has 0 spiro atoms. The molecule has 2 heterocycles. The summed E-state index contributed by atoms with van der Waals surface area (Å²) in [5.74, 6) is 1.37. The number of aryl methyl sites for hydroxylation is 3. The van der Waals surface area contributed by atoms with E-state index in [0.717, 1.165) is 24.4 Å². The Hall–Kier alpha value is -1.58. The maximum Gasteiger partial charge on any atom is 0.133 e. The summed E-state index contributed by atoms with van der Waals surface area (Å²) in [6, 6.07) is 1.98. The lowest BCUT2D eigenvalue weighted by Crippen LogP contribution is -2.05. The first-order chi connectivity index (χ1) is 7.66. The molecule has 0 bridgehead atoms. The van der Waals surface area contributed by atoms with Crippen molar-refractivity contribution in [2.45, 2.75) is 39.7 Å². The van der Waals surface area contributed by atoms with Gasteiger partial charge in [-0.25, -0.2) is 4.98 Å². The van der Waals surface area contributed by atoms with Gasteiger partial charge in [0.05, 0.1) is 12.0 Å². The van der Waals surface area contributed by atoms with E-state index >= 15 is 0 Å². The van der Waals surface area contributed by atoms with E-state index in [-0.39, 0.29) is 0 Å². The Balaban J connectivity index is 2.02. The third-order valence-corrected chi connectivity index (χ3v) is 2.62. The second-order valence-electron chi connectivity index (χ2n) is 4.35. The Labute approximate surface area is 95.3 Å². The van der Waals surface area contributed by atoms with Gasteiger partial charge in [0.1, 0.15) is 5.76 Å². The maximum absolute atomic E-state index is 5.04. The van der Waals surface area contributed by atoms with Gasteiger partial charge in [0.2, 0.25) is 0 Å². The number of hydrogen-bond donors (Lipinski definition) is 0. The van der Waals surface area contributed by atoms with Crippen molar-refractivity contribution in [3.63, 3.8) is 0 Å². The minimum Gasteiger partial charge on any atom is -0.361 e. The molecule has 0 radical (unpaired) electrons. The number of imidazole rings is 1. The second-order valence-corrected chi connectivity index (χ2v) is 4.35. The Morgan fingerprint density at radius 3 is 2.88 bits per heavy atom. The van der Waals surface area contributed by atoms with Gasteiger partial charge < -0.3 is 9.09 Å². The van der Waals surface area contributed by atoms with E-state index < -0.39 is 0 Å². The fourth-order valence-electron chi connectivity index (χ4n) is 1.77. The molecule has 2 aromatic rings. The van der Waals surface area contributed by atoms with Crippen molar-refractivity contribution in [1.82, 2.24) is 14.7 Å². The zero-order chi connectivity index (χ0) is 11.5. The molecular formula is C12H17N3O. The number of aromatic nitrogens is 3. The van der Waals surface area contributed by atoms with Crippen LogP contribution in [0.1, 0.15) is 36.9 Å². The normalized spacial score (nSPS) is 11.2. The van der Waals surface area contributed by atoms with Crippen LogP contribution in [0.15, 0.2) is 23.1 Å². The second kappa shape index (κ2) is 4.51. The summed E-state index contributed by atoms with van der Waals surface area (Å²) in [5.41, 5.74) is 2.26. The fourth-order valence-corrected chi connectivity index (χ4v) is 1.77. The summed E-state index contributed by atoms with van der Waals surface area (Å²) < 4.78 is 7.21. The van der Waals surface area contributed by atoms with E-state index in [2.05, 4.69) is 28.6 Å². The van der Waals surface area contributed by atoms with Crippen LogP contribution in [0.2, 0.25) is 0 Å². The summed E-state index contributed by atoms with van der Waals surface area (Å²) in [7, 11) is 0. The highest BCUT2D eigenvalue weighted by molar-refractivity contribution is 5.06. The van der Waals surface area contributed by atoms with Crippen molar-refractivity contribution in [1.29, 1.82) is 0 Å². The number of hydrogen-bond acceptors (Lipinski definition) is 3. The topological polar surface area (TPSA) is 43.9 Å². The average Bonchev–Trinajstić information content (AvgIpc) is 2.83. The lowest BCUT2D eigenvalue weighted by molar-refractivity contribution is 0.389. The molecule has 0 amide bonds. The van der Waals surface area contributed by atoms with Gasteiger partial charge >= 0.3 is 0 Å². The minimum atomic E-state index is 0.501. The van der Waals surface area contributed by atoms with Crippen molar-refractivity contribution in [2.24, 2.45) is 0 Å². The van der Waals surface area contributed by atoms with Gasteiger partial charge in [-0.15, -0.1) is 0 Å². The molecule has 4 heteroatoms. The fraction of sp³-hybridized carbons (Fsp3) is 0.500. The van der Waals surface area contributed by atoms with Gasteiger partial charge in [-0.3, -0.25) is 0 Å². The van der Waals surface area contributed by atoms with Crippen molar-refractivity contribution in [3.8, 4) is 0 Å². The number of rotatable bonds is 4. The smallest absolute Gasteiger partial charge is 0.133 e. The molecular weight excluding hydrogens is 202 g/mol. The van der Waals surface area contributed by atoms with Crippen molar-refractivity contribution < 1.29 is 4.52 Å². The molecule has 0 aliphatic carbocycles. The third-order valence-electron chi connectivity index (χ3n) is 2.62. The highest BCUT2D eigenvalue weighted by atomic mass is 16.5. The first-order valence-electron chi connectivity index (χ1n) is 5.59. The lowest BCUT2D eigenvalue weighted by atomic mass is 10.1. The SMILES string of the molecule is Cc1cc(CCn2cncc2C(C)C)no1. The predicted molar refractivity (Wildman–Crippen MR) is 61.3 cm³/mol. The molecule has 16 heavy (non-hydrogen) atoms. The summed E-state index contributed by atoms with van der Waals surface area (Å²) >= 11 is 0. The Bertz CT molecular complexity index is 456. The summed E-state index contributed by atoms with van der Waals surface area (Å²) in [5, 5.41) is 3.98. The van der Waals surface area contributed by atoms with E-state index in [9.17, 15) is 0 Å². The molecule has 0 aliphatic rings. The number of nitrogens with zero attached hydrogens (tertiary/aromatic N) is 3. The summed E-state index contributed by atoms with van der Waals surface area (Å²) in [4.78, 5) is 4.18. The van der Waals surface area contributed by atoms with Crippen LogP contribution < -0.4 is 0 Å². The summed E-state index contributed by atoms with van der Waals surface area (Å²) in [6.45, 7) is 7.16. The zero-order valence-electron chi connectivity index (χ0n) is 9.97. The highest BCUT2D eigenvalue weighted by Crippen LogP contribution is 2.14. The molecule has 86 valence electrons. The molecule has 0 aliphatic heterocycles. The standard InChI is InChI=1S/C12H17N3O/c1-9(2)12-7-13-8-15(12)5-4-11-6-10(3)16-14-11/h6-9H,4-5H2,1-3H3. The lowest BCUT2D eigenvalue weighted by Gasteiger charge is -2.09. The Morgan fingerprint density at radius 1 is 1.44 bits per heavy atom. The first-order valence-corrected chi connectivity index (χ1v) is 5.59. The molecule has 0 saturated carbocycles. The van der Waals surface area contributed by atoms with Crippen LogP contribution in [0.5, 0.6) is 0 Å². The average molecular weight is 219 g/mol. The van der Waals surface area contributed by atoms with E-state index in [4.69, 9.17) is 4.52 Å². The van der Waals surface area contributed by atoms with Crippen molar-refractivity contribution >= 4 is 0 Å². The zero-order valence-corrected chi connectivity index (χ0v) is 9.97. The molecule has 2 aromatic heterocycles. The highest BCUT2D eigenvalue weighted by Gasteiger charge is 2.07. The Morgan fingerprint density at radius 2 is 2.25 bits per heavy atom. The van der Waals surface area contributed by atoms with Crippen LogP contribution in [0.4, 0.5) is 0 Å². The van der Waals surface area contributed by atoms with Gasteiger partial charge in [-0.05, 0) is 12.8 Å². The molecule has 0 saturated heterocycles. The molecule has 0 aromatic carbocycles. The van der Waals surface area contributed by atoms with Gasteiger partial charge in [-0.2, -0.15) is 0 Å². The van der Waals surface area contributed by atoms with E-state index in [1.165, 1.54) is 5.69 Å². The molecule has 0 fully saturated rings. The monoisotopic (exact) mass is 219 g/mol. The molecule has 0 atom stereocenters. The van der Waals surface area contributed by atoms with Crippen LogP contribution in [0.3, 0.4) is 0 Å². The van der Waals surface area contributed by atoms with E-state index in [1.54, 1.807) is 0 Å². The largest absolute Gasteiger partial charge is 0.361 e. The van der Waals surface area contributed by atoms with Crippen molar-refractivity contribution in [2.75, 3.05) is 0 Å². The summed E-state index contributed by atoms with van der Waals surface area (Å²) in [6.07, 6.45) is 4.69. The van der Waals surface area contributed by atoms with Crippen LogP contribution in [-0.2, 0) is 13.0 Å². The molecule has 4 nitrogen and oxygen atoms in total.